The first-order valence-corrected chi connectivity index (χ1v) is 5.26. The maximum atomic E-state index is 13.5. The second-order valence-corrected chi connectivity index (χ2v) is 4.22. The highest BCUT2D eigenvalue weighted by Gasteiger charge is 2.22. The van der Waals surface area contributed by atoms with Crippen molar-refractivity contribution >= 4 is 11.4 Å². The van der Waals surface area contributed by atoms with Gasteiger partial charge in [0.1, 0.15) is 0 Å². The third kappa shape index (κ3) is 2.09. The Balaban J connectivity index is 2.18. The number of benzene rings is 1. The van der Waals surface area contributed by atoms with Gasteiger partial charge in [0.05, 0.1) is 11.4 Å². The maximum Gasteiger partial charge on any atom is 0.183 e. The molecule has 1 aromatic rings. The molecule has 0 bridgehead atoms. The van der Waals surface area contributed by atoms with Crippen LogP contribution in [-0.2, 0) is 0 Å². The Morgan fingerprint density at radius 1 is 1.44 bits per heavy atom. The molecule has 3 N–H and O–H groups in total. The largest absolute Gasteiger partial charge is 0.397 e. The SMILES string of the molecule is CN1CCC(Nc2c(N)ccc(F)c2F)C1. The maximum absolute atomic E-state index is 13.5. The average Bonchev–Trinajstić information content (AvgIpc) is 2.65. The third-order valence-corrected chi connectivity index (χ3v) is 2.87. The molecule has 16 heavy (non-hydrogen) atoms. The van der Waals surface area contributed by atoms with Crippen LogP contribution in [0.25, 0.3) is 0 Å². The van der Waals surface area contributed by atoms with Crippen molar-refractivity contribution in [1.29, 1.82) is 0 Å². The van der Waals surface area contributed by atoms with Crippen LogP contribution in [0.3, 0.4) is 0 Å². The van der Waals surface area contributed by atoms with Crippen LogP contribution in [0.1, 0.15) is 6.42 Å². The zero-order valence-electron chi connectivity index (χ0n) is 9.13. The van der Waals surface area contributed by atoms with Crippen molar-refractivity contribution in [2.24, 2.45) is 0 Å². The fourth-order valence-corrected chi connectivity index (χ4v) is 1.97. The lowest BCUT2D eigenvalue weighted by molar-refractivity contribution is 0.413. The number of nitrogens with zero attached hydrogens (tertiary/aromatic N) is 1. The number of anilines is 2. The highest BCUT2D eigenvalue weighted by Crippen LogP contribution is 2.26. The number of rotatable bonds is 2. The summed E-state index contributed by atoms with van der Waals surface area (Å²) < 4.78 is 26.5. The predicted octanol–water partition coefficient (Wildman–Crippen LogP) is 1.66. The molecule has 1 fully saturated rings. The molecule has 0 radical (unpaired) electrons. The van der Waals surface area contributed by atoms with Crippen molar-refractivity contribution in [3.8, 4) is 0 Å². The number of hydrogen-bond acceptors (Lipinski definition) is 3. The Labute approximate surface area is 93.2 Å². The molecule has 0 aromatic heterocycles. The van der Waals surface area contributed by atoms with Crippen LogP contribution >= 0.6 is 0 Å². The highest BCUT2D eigenvalue weighted by molar-refractivity contribution is 5.67. The van der Waals surface area contributed by atoms with Gasteiger partial charge in [-0.25, -0.2) is 8.78 Å². The lowest BCUT2D eigenvalue weighted by Gasteiger charge is -2.16. The third-order valence-electron chi connectivity index (χ3n) is 2.87. The summed E-state index contributed by atoms with van der Waals surface area (Å²) in [5.41, 5.74) is 5.95. The van der Waals surface area contributed by atoms with Gasteiger partial charge in [-0.05, 0) is 32.1 Å². The smallest absolute Gasteiger partial charge is 0.183 e. The van der Waals surface area contributed by atoms with Crippen LogP contribution in [0.2, 0.25) is 0 Å². The number of halogens is 2. The van der Waals surface area contributed by atoms with Gasteiger partial charge in [0.25, 0.3) is 0 Å². The minimum atomic E-state index is -0.894. The van der Waals surface area contributed by atoms with Crippen LogP contribution in [0.5, 0.6) is 0 Å². The van der Waals surface area contributed by atoms with E-state index in [1.165, 1.54) is 6.07 Å². The molecule has 2 rings (SSSR count). The standard InChI is InChI=1S/C11H15F2N3/c1-16-5-4-7(6-16)15-11-9(14)3-2-8(12)10(11)13/h2-3,7,15H,4-6,14H2,1H3. The number of hydrogen-bond donors (Lipinski definition) is 2. The molecule has 1 atom stereocenters. The molecular formula is C11H15F2N3. The van der Waals surface area contributed by atoms with E-state index in [0.29, 0.717) is 0 Å². The minimum Gasteiger partial charge on any atom is -0.397 e. The normalized spacial score (nSPS) is 21.3. The monoisotopic (exact) mass is 227 g/mol. The molecule has 3 nitrogen and oxygen atoms in total. The van der Waals surface area contributed by atoms with Gasteiger partial charge < -0.3 is 16.0 Å². The van der Waals surface area contributed by atoms with Gasteiger partial charge in [-0.15, -0.1) is 0 Å². The Kier molecular flexibility index (Phi) is 2.96. The van der Waals surface area contributed by atoms with Gasteiger partial charge in [-0.3, -0.25) is 0 Å². The topological polar surface area (TPSA) is 41.3 Å². The molecule has 0 amide bonds. The molecule has 0 aliphatic carbocycles. The number of nitrogen functional groups attached to an aromatic ring is 1. The lowest BCUT2D eigenvalue weighted by Crippen LogP contribution is -2.24. The molecular weight excluding hydrogens is 212 g/mol. The molecule has 1 saturated heterocycles. The fraction of sp³-hybridized carbons (Fsp3) is 0.455. The van der Waals surface area contributed by atoms with Crippen LogP contribution in [-0.4, -0.2) is 31.1 Å². The van der Waals surface area contributed by atoms with Crippen LogP contribution < -0.4 is 11.1 Å². The molecule has 88 valence electrons. The van der Waals surface area contributed by atoms with Crippen LogP contribution in [0, 0.1) is 11.6 Å². The van der Waals surface area contributed by atoms with E-state index in [2.05, 4.69) is 10.2 Å². The van der Waals surface area contributed by atoms with E-state index in [9.17, 15) is 8.78 Å². The van der Waals surface area contributed by atoms with Crippen molar-refractivity contribution in [1.82, 2.24) is 4.90 Å². The Hall–Kier alpha value is -1.36. The van der Waals surface area contributed by atoms with E-state index in [-0.39, 0.29) is 17.4 Å². The van der Waals surface area contributed by atoms with Gasteiger partial charge >= 0.3 is 0 Å². The lowest BCUT2D eigenvalue weighted by atomic mass is 10.2. The first-order chi connectivity index (χ1) is 7.58. The van der Waals surface area contributed by atoms with Crippen molar-refractivity contribution < 1.29 is 8.78 Å². The molecule has 1 heterocycles. The highest BCUT2D eigenvalue weighted by atomic mass is 19.2. The van der Waals surface area contributed by atoms with Gasteiger partial charge in [0.15, 0.2) is 11.6 Å². The van der Waals surface area contributed by atoms with Crippen molar-refractivity contribution in [2.75, 3.05) is 31.2 Å². The average molecular weight is 227 g/mol. The number of nitrogens with one attached hydrogen (secondary N) is 1. The molecule has 0 saturated carbocycles. The van der Waals surface area contributed by atoms with E-state index in [1.807, 2.05) is 7.05 Å². The molecule has 0 spiro atoms. The summed E-state index contributed by atoms with van der Waals surface area (Å²) in [7, 11) is 1.99. The van der Waals surface area contributed by atoms with E-state index in [1.54, 1.807) is 0 Å². The summed E-state index contributed by atoms with van der Waals surface area (Å²) in [6, 6.07) is 2.54. The van der Waals surface area contributed by atoms with Crippen LogP contribution in [0.4, 0.5) is 20.2 Å². The van der Waals surface area contributed by atoms with Gasteiger partial charge in [-0.2, -0.15) is 0 Å². The molecule has 1 aromatic carbocycles. The van der Waals surface area contributed by atoms with Crippen LogP contribution in [0.15, 0.2) is 12.1 Å². The first-order valence-electron chi connectivity index (χ1n) is 5.26. The second kappa shape index (κ2) is 4.25. The Morgan fingerprint density at radius 3 is 2.81 bits per heavy atom. The number of nitrogens with two attached hydrogens (primary N) is 1. The van der Waals surface area contributed by atoms with E-state index in [4.69, 9.17) is 5.73 Å². The fourth-order valence-electron chi connectivity index (χ4n) is 1.97. The summed E-state index contributed by atoms with van der Waals surface area (Å²) in [5.74, 6) is -1.77. The van der Waals surface area contributed by atoms with Crippen molar-refractivity contribution in [3.05, 3.63) is 23.8 Å². The summed E-state index contributed by atoms with van der Waals surface area (Å²) in [6.45, 7) is 1.77. The molecule has 1 unspecified atom stereocenters. The zero-order valence-corrected chi connectivity index (χ0v) is 9.13. The molecule has 5 heteroatoms. The van der Waals surface area contributed by atoms with Gasteiger partial charge in [0.2, 0.25) is 0 Å². The van der Waals surface area contributed by atoms with Gasteiger partial charge in [0, 0.05) is 12.6 Å². The predicted molar refractivity (Wildman–Crippen MR) is 60.3 cm³/mol. The Morgan fingerprint density at radius 2 is 2.19 bits per heavy atom. The van der Waals surface area contributed by atoms with E-state index in [0.717, 1.165) is 25.6 Å². The number of likely N-dealkylation sites (tertiary alicyclic amines) is 1. The van der Waals surface area contributed by atoms with Crippen molar-refractivity contribution in [3.63, 3.8) is 0 Å². The second-order valence-electron chi connectivity index (χ2n) is 4.22. The molecule has 1 aliphatic heterocycles. The zero-order chi connectivity index (χ0) is 11.7. The quantitative estimate of drug-likeness (QED) is 0.755. The minimum absolute atomic E-state index is 0.0836. The van der Waals surface area contributed by atoms with E-state index < -0.39 is 11.6 Å². The number of likely N-dealkylation sites (N-methyl/N-ethyl adjacent to an activating group) is 1. The summed E-state index contributed by atoms with van der Waals surface area (Å²) in [5, 5.41) is 2.97. The van der Waals surface area contributed by atoms with Gasteiger partial charge in [-0.1, -0.05) is 0 Å². The van der Waals surface area contributed by atoms with Crippen molar-refractivity contribution in [2.45, 2.75) is 12.5 Å². The summed E-state index contributed by atoms with van der Waals surface area (Å²) >= 11 is 0. The molecule has 1 aliphatic rings. The first kappa shape index (κ1) is 11.1. The summed E-state index contributed by atoms with van der Waals surface area (Å²) in [6.07, 6.45) is 0.909. The van der Waals surface area contributed by atoms with E-state index >= 15 is 0 Å². The Bertz CT molecular complexity index is 395. The summed E-state index contributed by atoms with van der Waals surface area (Å²) in [4.78, 5) is 2.13.